The van der Waals surface area contributed by atoms with Gasteiger partial charge >= 0.3 is 17.9 Å². The Bertz CT molecular complexity index is 1160. The van der Waals surface area contributed by atoms with Crippen LogP contribution in [0.3, 0.4) is 0 Å². The van der Waals surface area contributed by atoms with Crippen molar-refractivity contribution in [3.05, 3.63) is 24.3 Å². The van der Waals surface area contributed by atoms with Crippen LogP contribution in [0.2, 0.25) is 0 Å². The highest BCUT2D eigenvalue weighted by Crippen LogP contribution is 2.23. The molecule has 0 bridgehead atoms. The maximum absolute atomic E-state index is 12.8. The topological polar surface area (TPSA) is 169 Å². The van der Waals surface area contributed by atoms with Gasteiger partial charge in [0.05, 0.1) is 6.61 Å². The molecule has 0 saturated carbocycles. The first-order chi connectivity index (χ1) is 31.2. The number of hydrogen-bond donors (Lipinski definition) is 4. The Morgan fingerprint density at radius 3 is 1.22 bits per heavy atom. The van der Waals surface area contributed by atoms with Crippen molar-refractivity contribution >= 4 is 17.9 Å². The first kappa shape index (κ1) is 59.7. The van der Waals surface area contributed by atoms with E-state index in [0.717, 1.165) is 44.9 Å². The van der Waals surface area contributed by atoms with E-state index in [2.05, 4.69) is 38.2 Å². The van der Waals surface area contributed by atoms with Crippen LogP contribution in [-0.4, -0.2) is 88.4 Å². The number of aliphatic hydroxyl groups is 3. The van der Waals surface area contributed by atoms with E-state index in [0.29, 0.717) is 12.8 Å². The van der Waals surface area contributed by atoms with E-state index < -0.39 is 54.7 Å². The molecule has 64 heavy (non-hydrogen) atoms. The van der Waals surface area contributed by atoms with Gasteiger partial charge in [-0.3, -0.25) is 9.59 Å². The third-order valence-electron chi connectivity index (χ3n) is 12.3. The van der Waals surface area contributed by atoms with Gasteiger partial charge in [-0.15, -0.1) is 0 Å². The van der Waals surface area contributed by atoms with Crippen LogP contribution in [-0.2, 0) is 33.3 Å². The van der Waals surface area contributed by atoms with Crippen molar-refractivity contribution in [1.82, 2.24) is 0 Å². The molecule has 1 aliphatic heterocycles. The predicted octanol–water partition coefficient (Wildman–Crippen LogP) is 12.5. The highest BCUT2D eigenvalue weighted by molar-refractivity contribution is 5.73. The lowest BCUT2D eigenvalue weighted by Gasteiger charge is -2.38. The van der Waals surface area contributed by atoms with Crippen LogP contribution in [0.1, 0.15) is 245 Å². The zero-order valence-corrected chi connectivity index (χ0v) is 40.8. The molecule has 374 valence electrons. The van der Waals surface area contributed by atoms with Crippen molar-refractivity contribution in [2.24, 2.45) is 0 Å². The zero-order chi connectivity index (χ0) is 46.7. The van der Waals surface area contributed by atoms with Crippen molar-refractivity contribution in [2.75, 3.05) is 13.2 Å². The van der Waals surface area contributed by atoms with Gasteiger partial charge in [-0.25, -0.2) is 4.79 Å². The quantitative estimate of drug-likeness (QED) is 0.0261. The van der Waals surface area contributed by atoms with Crippen LogP contribution >= 0.6 is 0 Å². The molecule has 11 heteroatoms. The number of carboxylic acid groups (broad SMARTS) is 1. The molecule has 6 atom stereocenters. The smallest absolute Gasteiger partial charge is 0.335 e. The summed E-state index contributed by atoms with van der Waals surface area (Å²) in [6, 6.07) is 0. The van der Waals surface area contributed by atoms with Gasteiger partial charge in [0.1, 0.15) is 24.9 Å². The maximum Gasteiger partial charge on any atom is 0.335 e. The fourth-order valence-corrected chi connectivity index (χ4v) is 8.11. The van der Waals surface area contributed by atoms with Gasteiger partial charge in [0.15, 0.2) is 18.5 Å². The van der Waals surface area contributed by atoms with Gasteiger partial charge in [0.25, 0.3) is 0 Å². The minimum absolute atomic E-state index is 0.180. The van der Waals surface area contributed by atoms with Crippen molar-refractivity contribution in [3.8, 4) is 0 Å². The largest absolute Gasteiger partial charge is 0.479 e. The van der Waals surface area contributed by atoms with E-state index in [9.17, 15) is 34.8 Å². The standard InChI is InChI=1S/C53H96O11/c1-3-5-7-9-11-13-15-17-19-21-22-23-24-26-27-29-31-33-35-37-39-41-46(54)61-43-45(44-62-53-50(58)48(56)49(57)51(64-53)52(59)60)63-47(55)42-40-38-36-34-32-30-28-25-20-18-16-14-12-10-8-6-4-2/h18,20-22,45,48-51,53,56-58H,3-17,19,23-44H2,1-2H3,(H,59,60)/b20-18-,22-21-. The molecular formula is C53H96O11. The number of ether oxygens (including phenoxy) is 4. The molecule has 11 nitrogen and oxygen atoms in total. The Kier molecular flexibility index (Phi) is 40.4. The Balaban J connectivity index is 2.28. The van der Waals surface area contributed by atoms with Crippen LogP contribution in [0.4, 0.5) is 0 Å². The molecule has 0 aromatic heterocycles. The number of hydrogen-bond acceptors (Lipinski definition) is 10. The molecule has 1 heterocycles. The SMILES string of the molecule is CCCCCCCC/C=C\CCCCCCCCCC(=O)OC(COC(=O)CCCCCCCCCCC/C=C\CCCCCCCCCC)COC1OC(C(=O)O)C(O)C(O)C1O. The Hall–Kier alpha value is -2.31. The second-order valence-corrected chi connectivity index (χ2v) is 18.4. The molecule has 0 aliphatic carbocycles. The van der Waals surface area contributed by atoms with Gasteiger partial charge < -0.3 is 39.4 Å². The number of aliphatic carboxylic acids is 1. The molecule has 0 radical (unpaired) electrons. The lowest BCUT2D eigenvalue weighted by Crippen LogP contribution is -2.60. The van der Waals surface area contributed by atoms with Crippen LogP contribution in [0.15, 0.2) is 24.3 Å². The number of unbranched alkanes of at least 4 members (excludes halogenated alkanes) is 30. The molecule has 6 unspecified atom stereocenters. The summed E-state index contributed by atoms with van der Waals surface area (Å²) < 4.78 is 21.8. The minimum atomic E-state index is -1.86. The number of esters is 2. The molecule has 1 fully saturated rings. The number of carbonyl (C=O) groups excluding carboxylic acids is 2. The maximum atomic E-state index is 12.8. The highest BCUT2D eigenvalue weighted by Gasteiger charge is 2.47. The van der Waals surface area contributed by atoms with Crippen LogP contribution < -0.4 is 0 Å². The lowest BCUT2D eigenvalue weighted by molar-refractivity contribution is -0.298. The molecule has 0 spiro atoms. The fourth-order valence-electron chi connectivity index (χ4n) is 8.11. The summed E-state index contributed by atoms with van der Waals surface area (Å²) >= 11 is 0. The molecular weight excluding hydrogens is 813 g/mol. The summed E-state index contributed by atoms with van der Waals surface area (Å²) in [6.07, 6.45) is 40.8. The van der Waals surface area contributed by atoms with Gasteiger partial charge in [0, 0.05) is 12.8 Å². The normalized spacial score (nSPS) is 19.4. The van der Waals surface area contributed by atoms with Gasteiger partial charge in [-0.2, -0.15) is 0 Å². The molecule has 0 amide bonds. The third-order valence-corrected chi connectivity index (χ3v) is 12.3. The van der Waals surface area contributed by atoms with E-state index in [1.165, 1.54) is 161 Å². The summed E-state index contributed by atoms with van der Waals surface area (Å²) in [7, 11) is 0. The van der Waals surface area contributed by atoms with Gasteiger partial charge in [-0.05, 0) is 64.2 Å². The third kappa shape index (κ3) is 34.1. The number of carbonyl (C=O) groups is 3. The van der Waals surface area contributed by atoms with Crippen LogP contribution in [0.5, 0.6) is 0 Å². The lowest BCUT2D eigenvalue weighted by atomic mass is 9.99. The van der Waals surface area contributed by atoms with E-state index in [1.54, 1.807) is 0 Å². The summed E-state index contributed by atoms with van der Waals surface area (Å²) in [4.78, 5) is 37.0. The van der Waals surface area contributed by atoms with Crippen molar-refractivity contribution < 1.29 is 53.8 Å². The van der Waals surface area contributed by atoms with Gasteiger partial charge in [0.2, 0.25) is 0 Å². The van der Waals surface area contributed by atoms with E-state index in [4.69, 9.17) is 18.9 Å². The first-order valence-electron chi connectivity index (χ1n) is 26.4. The van der Waals surface area contributed by atoms with Crippen molar-refractivity contribution in [1.29, 1.82) is 0 Å². The molecule has 1 aliphatic rings. The average Bonchev–Trinajstić information content (AvgIpc) is 3.28. The van der Waals surface area contributed by atoms with E-state index >= 15 is 0 Å². The van der Waals surface area contributed by atoms with E-state index in [1.807, 2.05) is 0 Å². The molecule has 1 saturated heterocycles. The van der Waals surface area contributed by atoms with Gasteiger partial charge in [-0.1, -0.05) is 192 Å². The Morgan fingerprint density at radius 2 is 0.828 bits per heavy atom. The molecule has 0 aromatic rings. The van der Waals surface area contributed by atoms with Crippen molar-refractivity contribution in [3.63, 3.8) is 0 Å². The van der Waals surface area contributed by atoms with Crippen LogP contribution in [0.25, 0.3) is 0 Å². The molecule has 1 rings (SSSR count). The first-order valence-corrected chi connectivity index (χ1v) is 26.4. The van der Waals surface area contributed by atoms with E-state index in [-0.39, 0.29) is 26.1 Å². The Morgan fingerprint density at radius 1 is 0.469 bits per heavy atom. The second kappa shape index (κ2) is 43.3. The second-order valence-electron chi connectivity index (χ2n) is 18.4. The minimum Gasteiger partial charge on any atom is -0.479 e. The fraction of sp³-hybridized carbons (Fsp3) is 0.868. The highest BCUT2D eigenvalue weighted by atomic mass is 16.7. The van der Waals surface area contributed by atoms with Crippen LogP contribution in [0, 0.1) is 0 Å². The average molecular weight is 909 g/mol. The number of carboxylic acids is 1. The Labute approximate surface area is 389 Å². The molecule has 4 N–H and O–H groups in total. The summed E-state index contributed by atoms with van der Waals surface area (Å²) in [5.74, 6) is -2.44. The predicted molar refractivity (Wildman–Crippen MR) is 257 cm³/mol. The summed E-state index contributed by atoms with van der Waals surface area (Å²) in [5, 5.41) is 39.9. The zero-order valence-electron chi connectivity index (χ0n) is 40.8. The number of rotatable bonds is 45. The number of aliphatic hydroxyl groups excluding tert-OH is 3. The monoisotopic (exact) mass is 909 g/mol. The number of allylic oxidation sites excluding steroid dienone is 4. The van der Waals surface area contributed by atoms with Crippen molar-refractivity contribution in [2.45, 2.75) is 282 Å². The molecule has 0 aromatic carbocycles. The summed E-state index contributed by atoms with van der Waals surface area (Å²) in [5.41, 5.74) is 0. The summed E-state index contributed by atoms with van der Waals surface area (Å²) in [6.45, 7) is 3.84.